The van der Waals surface area contributed by atoms with Crippen LogP contribution in [-0.4, -0.2) is 28.9 Å². The lowest BCUT2D eigenvalue weighted by atomic mass is 10.1. The molecule has 1 aromatic carbocycles. The zero-order chi connectivity index (χ0) is 18.2. The van der Waals surface area contributed by atoms with Crippen LogP contribution in [0.2, 0.25) is 5.02 Å². The summed E-state index contributed by atoms with van der Waals surface area (Å²) in [5.41, 5.74) is -1.20. The number of hydrogen-bond donors (Lipinski definition) is 1. The molecule has 0 radical (unpaired) electrons. The van der Waals surface area contributed by atoms with Crippen LogP contribution in [0, 0.1) is 0 Å². The zero-order valence-electron chi connectivity index (χ0n) is 13.0. The zero-order valence-corrected chi connectivity index (χ0v) is 13.7. The van der Waals surface area contributed by atoms with Crippen molar-refractivity contribution in [1.82, 2.24) is 15.1 Å². The SMILES string of the molecule is Cn1cc(C(=O)NCc2cc(Cl)c3c(c2)OCCO3)c(C(F)(F)F)n1. The molecule has 0 aliphatic carbocycles. The topological polar surface area (TPSA) is 65.4 Å². The van der Waals surface area contributed by atoms with E-state index in [1.807, 2.05) is 0 Å². The van der Waals surface area contributed by atoms with Gasteiger partial charge in [0.25, 0.3) is 5.91 Å². The summed E-state index contributed by atoms with van der Waals surface area (Å²) in [6, 6.07) is 3.18. The van der Waals surface area contributed by atoms with E-state index >= 15 is 0 Å². The maximum Gasteiger partial charge on any atom is 0.435 e. The highest BCUT2D eigenvalue weighted by atomic mass is 35.5. The highest BCUT2D eigenvalue weighted by Gasteiger charge is 2.38. The number of ether oxygens (including phenoxy) is 2. The van der Waals surface area contributed by atoms with Crippen LogP contribution < -0.4 is 14.8 Å². The number of nitrogens with zero attached hydrogens (tertiary/aromatic N) is 2. The predicted octanol–water partition coefficient (Wildman–Crippen LogP) is 2.79. The molecule has 0 saturated carbocycles. The average molecular weight is 376 g/mol. The van der Waals surface area contributed by atoms with Crippen LogP contribution in [0.15, 0.2) is 18.3 Å². The Morgan fingerprint density at radius 1 is 1.36 bits per heavy atom. The Morgan fingerprint density at radius 3 is 2.80 bits per heavy atom. The minimum atomic E-state index is -4.71. The molecule has 1 N–H and O–H groups in total. The molecule has 10 heteroatoms. The van der Waals surface area contributed by atoms with Crippen molar-refractivity contribution < 1.29 is 27.4 Å². The van der Waals surface area contributed by atoms with Crippen LogP contribution in [-0.2, 0) is 19.8 Å². The van der Waals surface area contributed by atoms with Gasteiger partial charge in [-0.1, -0.05) is 11.6 Å². The van der Waals surface area contributed by atoms with Gasteiger partial charge in [-0.25, -0.2) is 0 Å². The second-order valence-electron chi connectivity index (χ2n) is 5.35. The van der Waals surface area contributed by atoms with Crippen molar-refractivity contribution in [2.75, 3.05) is 13.2 Å². The van der Waals surface area contributed by atoms with Gasteiger partial charge in [-0.15, -0.1) is 0 Å². The van der Waals surface area contributed by atoms with Crippen LogP contribution in [0.25, 0.3) is 0 Å². The van der Waals surface area contributed by atoms with Gasteiger partial charge in [0.15, 0.2) is 17.2 Å². The molecule has 0 atom stereocenters. The van der Waals surface area contributed by atoms with Gasteiger partial charge in [-0.05, 0) is 17.7 Å². The van der Waals surface area contributed by atoms with Crippen molar-refractivity contribution in [3.8, 4) is 11.5 Å². The second kappa shape index (κ2) is 6.47. The summed E-state index contributed by atoms with van der Waals surface area (Å²) < 4.78 is 50.5. The fourth-order valence-corrected chi connectivity index (χ4v) is 2.70. The lowest BCUT2D eigenvalue weighted by molar-refractivity contribution is -0.141. The van der Waals surface area contributed by atoms with Gasteiger partial charge in [0.05, 0.1) is 10.6 Å². The van der Waals surface area contributed by atoms with Gasteiger partial charge in [0, 0.05) is 19.8 Å². The normalized spacial score (nSPS) is 13.6. The minimum Gasteiger partial charge on any atom is -0.486 e. The second-order valence-corrected chi connectivity index (χ2v) is 5.75. The largest absolute Gasteiger partial charge is 0.486 e. The molecular formula is C15H13ClF3N3O3. The highest BCUT2D eigenvalue weighted by molar-refractivity contribution is 6.32. The Labute approximate surface area is 145 Å². The van der Waals surface area contributed by atoms with Gasteiger partial charge in [0.2, 0.25) is 0 Å². The van der Waals surface area contributed by atoms with Crippen LogP contribution in [0.3, 0.4) is 0 Å². The van der Waals surface area contributed by atoms with Crippen LogP contribution >= 0.6 is 11.6 Å². The lowest BCUT2D eigenvalue weighted by Crippen LogP contribution is -2.25. The van der Waals surface area contributed by atoms with E-state index in [0.29, 0.717) is 35.3 Å². The molecule has 0 unspecified atom stereocenters. The van der Waals surface area contributed by atoms with Crippen molar-refractivity contribution in [1.29, 1.82) is 0 Å². The first-order chi connectivity index (χ1) is 11.8. The van der Waals surface area contributed by atoms with Crippen LogP contribution in [0.1, 0.15) is 21.6 Å². The molecule has 0 spiro atoms. The number of carbonyl (C=O) groups excluding carboxylic acids is 1. The first-order valence-electron chi connectivity index (χ1n) is 7.23. The number of aromatic nitrogens is 2. The molecule has 25 heavy (non-hydrogen) atoms. The number of hydrogen-bond acceptors (Lipinski definition) is 4. The van der Waals surface area contributed by atoms with E-state index in [-0.39, 0.29) is 6.54 Å². The molecule has 3 rings (SSSR count). The van der Waals surface area contributed by atoms with Gasteiger partial charge < -0.3 is 14.8 Å². The predicted molar refractivity (Wildman–Crippen MR) is 81.8 cm³/mol. The Morgan fingerprint density at radius 2 is 2.08 bits per heavy atom. The third-order valence-corrected chi connectivity index (χ3v) is 3.73. The third kappa shape index (κ3) is 3.65. The maximum atomic E-state index is 12.9. The summed E-state index contributed by atoms with van der Waals surface area (Å²) in [7, 11) is 1.31. The fourth-order valence-electron chi connectivity index (χ4n) is 2.41. The molecule has 1 aliphatic rings. The molecule has 0 bridgehead atoms. The highest BCUT2D eigenvalue weighted by Crippen LogP contribution is 2.38. The number of aryl methyl sites for hydroxylation is 1. The van der Waals surface area contributed by atoms with Gasteiger partial charge in [-0.3, -0.25) is 9.48 Å². The summed E-state index contributed by atoms with van der Waals surface area (Å²) in [5.74, 6) is -0.0404. The number of rotatable bonds is 3. The number of carbonyl (C=O) groups is 1. The first-order valence-corrected chi connectivity index (χ1v) is 7.60. The molecule has 0 saturated heterocycles. The standard InChI is InChI=1S/C15H13ClF3N3O3/c1-22-7-9(13(21-22)15(17,18)19)14(23)20-6-8-4-10(16)12-11(5-8)24-2-3-25-12/h4-5,7H,2-3,6H2,1H3,(H,20,23). The average Bonchev–Trinajstić information content (AvgIpc) is 2.95. The minimum absolute atomic E-state index is 0.0264. The third-order valence-electron chi connectivity index (χ3n) is 3.45. The molecule has 1 aliphatic heterocycles. The quantitative estimate of drug-likeness (QED) is 0.896. The van der Waals surface area contributed by atoms with E-state index < -0.39 is 23.3 Å². The smallest absolute Gasteiger partial charge is 0.435 e. The Hall–Kier alpha value is -2.42. The molecule has 1 amide bonds. The van der Waals surface area contributed by atoms with E-state index in [0.717, 1.165) is 10.9 Å². The van der Waals surface area contributed by atoms with Gasteiger partial charge >= 0.3 is 6.18 Å². The van der Waals surface area contributed by atoms with Crippen molar-refractivity contribution in [3.63, 3.8) is 0 Å². The molecule has 134 valence electrons. The van der Waals surface area contributed by atoms with E-state index in [2.05, 4.69) is 10.4 Å². The molecule has 2 heterocycles. The molecule has 6 nitrogen and oxygen atoms in total. The van der Waals surface area contributed by atoms with Crippen molar-refractivity contribution >= 4 is 17.5 Å². The molecule has 2 aromatic rings. The summed E-state index contributed by atoms with van der Waals surface area (Å²) in [5, 5.41) is 6.04. The number of fused-ring (bicyclic) bond motifs is 1. The Bertz CT molecular complexity index is 820. The number of nitrogens with one attached hydrogen (secondary N) is 1. The molecule has 1 aromatic heterocycles. The number of benzene rings is 1. The fraction of sp³-hybridized carbons (Fsp3) is 0.333. The Kier molecular flexibility index (Phi) is 4.51. The summed E-state index contributed by atoms with van der Waals surface area (Å²) in [6.45, 7) is 0.717. The number of alkyl halides is 3. The molecule has 0 fully saturated rings. The van der Waals surface area contributed by atoms with E-state index in [1.165, 1.54) is 7.05 Å². The van der Waals surface area contributed by atoms with Gasteiger partial charge in [0.1, 0.15) is 13.2 Å². The van der Waals surface area contributed by atoms with Crippen molar-refractivity contribution in [3.05, 3.63) is 40.2 Å². The van der Waals surface area contributed by atoms with Gasteiger partial charge in [-0.2, -0.15) is 18.3 Å². The number of amides is 1. The Balaban J connectivity index is 1.76. The van der Waals surface area contributed by atoms with E-state index in [1.54, 1.807) is 12.1 Å². The monoisotopic (exact) mass is 375 g/mol. The van der Waals surface area contributed by atoms with Crippen molar-refractivity contribution in [2.24, 2.45) is 7.05 Å². The van der Waals surface area contributed by atoms with Crippen LogP contribution in [0.4, 0.5) is 13.2 Å². The maximum absolute atomic E-state index is 12.9. The summed E-state index contributed by atoms with van der Waals surface area (Å²) >= 11 is 6.09. The van der Waals surface area contributed by atoms with Crippen LogP contribution in [0.5, 0.6) is 11.5 Å². The summed E-state index contributed by atoms with van der Waals surface area (Å²) in [4.78, 5) is 12.1. The van der Waals surface area contributed by atoms with Crippen molar-refractivity contribution in [2.45, 2.75) is 12.7 Å². The molecular weight excluding hydrogens is 363 g/mol. The van der Waals surface area contributed by atoms with E-state index in [4.69, 9.17) is 21.1 Å². The number of halogens is 4. The van der Waals surface area contributed by atoms with E-state index in [9.17, 15) is 18.0 Å². The lowest BCUT2D eigenvalue weighted by Gasteiger charge is -2.20. The summed E-state index contributed by atoms with van der Waals surface area (Å²) in [6.07, 6.45) is -3.69. The first kappa shape index (κ1) is 17.4.